The summed E-state index contributed by atoms with van der Waals surface area (Å²) in [7, 11) is -1.71. The standard InChI is InChI=1S/C11H15BF2O2/c1-3-8-5-9(11(13,14)4-2)7-10(6-8)12(15)16/h5-7,15-16H,3-4H2,1-2H3. The minimum atomic E-state index is -2.92. The van der Waals surface area contributed by atoms with Crippen molar-refractivity contribution >= 4 is 12.6 Å². The molecule has 0 saturated heterocycles. The number of aryl methyl sites for hydroxylation is 1. The van der Waals surface area contributed by atoms with Crippen LogP contribution in [-0.4, -0.2) is 17.2 Å². The average Bonchev–Trinajstić information content (AvgIpc) is 2.28. The molecule has 0 aromatic heterocycles. The predicted molar refractivity (Wildman–Crippen MR) is 59.8 cm³/mol. The molecule has 5 heteroatoms. The first-order chi connectivity index (χ1) is 7.40. The Kier molecular flexibility index (Phi) is 4.05. The number of hydrogen-bond donors (Lipinski definition) is 2. The molecule has 16 heavy (non-hydrogen) atoms. The zero-order valence-corrected chi connectivity index (χ0v) is 9.37. The molecule has 1 rings (SSSR count). The number of benzene rings is 1. The normalized spacial score (nSPS) is 11.6. The maximum Gasteiger partial charge on any atom is 0.488 e. The van der Waals surface area contributed by atoms with E-state index in [4.69, 9.17) is 10.0 Å². The molecule has 0 heterocycles. The summed E-state index contributed by atoms with van der Waals surface area (Å²) in [6.45, 7) is 3.23. The summed E-state index contributed by atoms with van der Waals surface area (Å²) in [5.41, 5.74) is 0.633. The van der Waals surface area contributed by atoms with Gasteiger partial charge in [-0.2, -0.15) is 0 Å². The fourth-order valence-electron chi connectivity index (χ4n) is 1.49. The third kappa shape index (κ3) is 2.80. The first-order valence-electron chi connectivity index (χ1n) is 5.29. The van der Waals surface area contributed by atoms with Gasteiger partial charge in [-0.15, -0.1) is 0 Å². The largest absolute Gasteiger partial charge is 0.488 e. The fraction of sp³-hybridized carbons (Fsp3) is 0.455. The van der Waals surface area contributed by atoms with E-state index in [2.05, 4.69) is 0 Å². The Hall–Kier alpha value is -0.935. The van der Waals surface area contributed by atoms with Crippen LogP contribution in [0.25, 0.3) is 0 Å². The molecule has 0 bridgehead atoms. The van der Waals surface area contributed by atoms with E-state index in [-0.39, 0.29) is 17.4 Å². The van der Waals surface area contributed by atoms with Gasteiger partial charge in [-0.05, 0) is 23.5 Å². The van der Waals surface area contributed by atoms with Crippen molar-refractivity contribution in [2.75, 3.05) is 0 Å². The summed E-state index contributed by atoms with van der Waals surface area (Å²) in [6, 6.07) is 4.09. The lowest BCUT2D eigenvalue weighted by Gasteiger charge is -2.17. The van der Waals surface area contributed by atoms with E-state index >= 15 is 0 Å². The predicted octanol–water partition coefficient (Wildman–Crippen LogP) is 1.43. The maximum atomic E-state index is 13.5. The highest BCUT2D eigenvalue weighted by atomic mass is 19.3. The van der Waals surface area contributed by atoms with E-state index in [0.29, 0.717) is 12.0 Å². The summed E-state index contributed by atoms with van der Waals surface area (Å²) < 4.78 is 27.0. The van der Waals surface area contributed by atoms with Crippen molar-refractivity contribution in [1.29, 1.82) is 0 Å². The second-order valence-corrected chi connectivity index (χ2v) is 3.75. The van der Waals surface area contributed by atoms with Crippen LogP contribution in [0.3, 0.4) is 0 Å². The Morgan fingerprint density at radius 3 is 2.25 bits per heavy atom. The monoisotopic (exact) mass is 228 g/mol. The number of rotatable bonds is 4. The number of hydrogen-bond acceptors (Lipinski definition) is 2. The maximum absolute atomic E-state index is 13.5. The second-order valence-electron chi connectivity index (χ2n) is 3.75. The Bertz CT molecular complexity index is 367. The minimum Gasteiger partial charge on any atom is -0.423 e. The highest BCUT2D eigenvalue weighted by Gasteiger charge is 2.30. The van der Waals surface area contributed by atoms with Gasteiger partial charge in [0.25, 0.3) is 5.92 Å². The van der Waals surface area contributed by atoms with E-state index < -0.39 is 13.0 Å². The Morgan fingerprint density at radius 2 is 1.81 bits per heavy atom. The zero-order valence-electron chi connectivity index (χ0n) is 9.37. The van der Waals surface area contributed by atoms with Gasteiger partial charge in [0.1, 0.15) is 0 Å². The smallest absolute Gasteiger partial charge is 0.423 e. The Balaban J connectivity index is 3.24. The minimum absolute atomic E-state index is 0.113. The first-order valence-corrected chi connectivity index (χ1v) is 5.29. The molecule has 0 saturated carbocycles. The summed E-state index contributed by atoms with van der Waals surface area (Å²) in [5.74, 6) is -2.92. The third-order valence-corrected chi connectivity index (χ3v) is 2.59. The van der Waals surface area contributed by atoms with Crippen LogP contribution in [0.4, 0.5) is 8.78 Å². The molecular weight excluding hydrogens is 213 g/mol. The molecular formula is C11H15BF2O2. The molecule has 88 valence electrons. The van der Waals surface area contributed by atoms with Gasteiger partial charge in [0, 0.05) is 12.0 Å². The van der Waals surface area contributed by atoms with Gasteiger partial charge >= 0.3 is 7.12 Å². The average molecular weight is 228 g/mol. The van der Waals surface area contributed by atoms with Crippen molar-refractivity contribution in [3.8, 4) is 0 Å². The summed E-state index contributed by atoms with van der Waals surface area (Å²) in [4.78, 5) is 0. The summed E-state index contributed by atoms with van der Waals surface area (Å²) in [6.07, 6.45) is 0.272. The van der Waals surface area contributed by atoms with E-state index in [1.54, 1.807) is 0 Å². The van der Waals surface area contributed by atoms with Crippen LogP contribution < -0.4 is 5.46 Å². The van der Waals surface area contributed by atoms with Crippen LogP contribution in [0.2, 0.25) is 0 Å². The molecule has 0 aliphatic rings. The molecule has 2 N–H and O–H groups in total. The molecule has 0 unspecified atom stereocenters. The van der Waals surface area contributed by atoms with E-state index in [0.717, 1.165) is 6.07 Å². The van der Waals surface area contributed by atoms with Gasteiger partial charge in [0.2, 0.25) is 0 Å². The molecule has 0 atom stereocenters. The molecule has 0 aliphatic heterocycles. The van der Waals surface area contributed by atoms with E-state index in [1.807, 2.05) is 6.92 Å². The quantitative estimate of drug-likeness (QED) is 0.765. The van der Waals surface area contributed by atoms with E-state index in [9.17, 15) is 8.78 Å². The molecule has 0 fully saturated rings. The highest BCUT2D eigenvalue weighted by Crippen LogP contribution is 2.31. The van der Waals surface area contributed by atoms with Crippen molar-refractivity contribution in [1.82, 2.24) is 0 Å². The third-order valence-electron chi connectivity index (χ3n) is 2.59. The van der Waals surface area contributed by atoms with Crippen LogP contribution in [0.1, 0.15) is 31.4 Å². The van der Waals surface area contributed by atoms with Gasteiger partial charge in [-0.3, -0.25) is 0 Å². The molecule has 1 aromatic carbocycles. The molecule has 2 nitrogen and oxygen atoms in total. The lowest BCUT2D eigenvalue weighted by molar-refractivity contribution is -0.00828. The number of alkyl halides is 2. The van der Waals surface area contributed by atoms with Crippen LogP contribution in [-0.2, 0) is 12.3 Å². The molecule has 0 spiro atoms. The van der Waals surface area contributed by atoms with Crippen molar-refractivity contribution in [3.63, 3.8) is 0 Å². The molecule has 0 aliphatic carbocycles. The van der Waals surface area contributed by atoms with Crippen molar-refractivity contribution < 1.29 is 18.8 Å². The lowest BCUT2D eigenvalue weighted by atomic mass is 9.77. The van der Waals surface area contributed by atoms with Gasteiger partial charge < -0.3 is 10.0 Å². The summed E-state index contributed by atoms with van der Waals surface area (Å²) >= 11 is 0. The first kappa shape index (κ1) is 13.1. The van der Waals surface area contributed by atoms with Gasteiger partial charge in [0.05, 0.1) is 0 Å². The SMILES string of the molecule is CCc1cc(B(O)O)cc(C(F)(F)CC)c1. The molecule has 0 amide bonds. The Morgan fingerprint density at radius 1 is 1.19 bits per heavy atom. The van der Waals surface area contributed by atoms with Crippen LogP contribution >= 0.6 is 0 Å². The highest BCUT2D eigenvalue weighted by molar-refractivity contribution is 6.58. The molecule has 1 aromatic rings. The van der Waals surface area contributed by atoms with Crippen LogP contribution in [0.5, 0.6) is 0 Å². The summed E-state index contributed by atoms with van der Waals surface area (Å²) in [5, 5.41) is 18.0. The van der Waals surface area contributed by atoms with Crippen LogP contribution in [0.15, 0.2) is 18.2 Å². The van der Waals surface area contributed by atoms with Crippen molar-refractivity contribution in [3.05, 3.63) is 29.3 Å². The Labute approximate surface area is 94.1 Å². The van der Waals surface area contributed by atoms with Crippen molar-refractivity contribution in [2.45, 2.75) is 32.6 Å². The van der Waals surface area contributed by atoms with Gasteiger partial charge in [-0.1, -0.05) is 26.0 Å². The second kappa shape index (κ2) is 4.93. The topological polar surface area (TPSA) is 40.5 Å². The van der Waals surface area contributed by atoms with Crippen LogP contribution in [0, 0.1) is 0 Å². The van der Waals surface area contributed by atoms with E-state index in [1.165, 1.54) is 19.1 Å². The van der Waals surface area contributed by atoms with Gasteiger partial charge in [0.15, 0.2) is 0 Å². The zero-order chi connectivity index (χ0) is 12.3. The van der Waals surface area contributed by atoms with Gasteiger partial charge in [-0.25, -0.2) is 8.78 Å². The fourth-order valence-corrected chi connectivity index (χ4v) is 1.49. The molecule has 0 radical (unpaired) electrons. The lowest BCUT2D eigenvalue weighted by Crippen LogP contribution is -2.31. The number of halogens is 2. The van der Waals surface area contributed by atoms with Crippen molar-refractivity contribution in [2.24, 2.45) is 0 Å².